The average molecular weight is 220 g/mol. The van der Waals surface area contributed by atoms with Crippen LogP contribution >= 0.6 is 0 Å². The first-order valence-corrected chi connectivity index (χ1v) is 5.58. The Hall–Kier alpha value is -2.35. The van der Waals surface area contributed by atoms with Crippen LogP contribution in [0.15, 0.2) is 67.2 Å². The summed E-state index contributed by atoms with van der Waals surface area (Å²) in [5.74, 6) is 0. The number of hydrogen-bond donors (Lipinski definition) is 1. The number of hydrogen-bond acceptors (Lipinski definition) is 2. The van der Waals surface area contributed by atoms with E-state index in [2.05, 4.69) is 34.6 Å². The van der Waals surface area contributed by atoms with Crippen LogP contribution in [-0.2, 0) is 0 Å². The summed E-state index contributed by atoms with van der Waals surface area (Å²) in [5, 5.41) is 5.63. The SMILES string of the molecule is C1=CC=C(c2ccc3cnccc3c2)NC=C1. The van der Waals surface area contributed by atoms with Gasteiger partial charge in [-0.25, -0.2) is 0 Å². The molecule has 0 spiro atoms. The molecule has 0 atom stereocenters. The molecule has 82 valence electrons. The summed E-state index contributed by atoms with van der Waals surface area (Å²) in [6.45, 7) is 0. The lowest BCUT2D eigenvalue weighted by Crippen LogP contribution is -2.02. The van der Waals surface area contributed by atoms with E-state index in [4.69, 9.17) is 0 Å². The molecule has 0 aliphatic carbocycles. The maximum absolute atomic E-state index is 4.12. The molecule has 0 saturated heterocycles. The standard InChI is InChI=1S/C15H12N2/c1-2-4-15(17-8-3-1)13-5-6-14-11-16-9-7-12(14)10-13/h1-11,17H. The largest absolute Gasteiger partial charge is 0.361 e. The van der Waals surface area contributed by atoms with Crippen molar-refractivity contribution in [1.29, 1.82) is 0 Å². The molecule has 3 rings (SSSR count). The molecule has 0 saturated carbocycles. The quantitative estimate of drug-likeness (QED) is 0.798. The Morgan fingerprint density at radius 1 is 0.941 bits per heavy atom. The van der Waals surface area contributed by atoms with Gasteiger partial charge in [0.2, 0.25) is 0 Å². The minimum atomic E-state index is 1.11. The molecule has 1 N–H and O–H groups in total. The van der Waals surface area contributed by atoms with E-state index < -0.39 is 0 Å². The van der Waals surface area contributed by atoms with Crippen molar-refractivity contribution in [3.05, 3.63) is 72.7 Å². The Kier molecular flexibility index (Phi) is 2.47. The fraction of sp³-hybridized carbons (Fsp3) is 0. The molecule has 2 heteroatoms. The van der Waals surface area contributed by atoms with Gasteiger partial charge in [0.15, 0.2) is 0 Å². The number of pyridine rings is 1. The summed E-state index contributed by atoms with van der Waals surface area (Å²) < 4.78 is 0. The van der Waals surface area contributed by atoms with Gasteiger partial charge in [-0.3, -0.25) is 4.98 Å². The van der Waals surface area contributed by atoms with Crippen LogP contribution in [0.25, 0.3) is 16.5 Å². The van der Waals surface area contributed by atoms with E-state index in [0.717, 1.165) is 11.1 Å². The number of aromatic nitrogens is 1. The second kappa shape index (κ2) is 4.26. The Balaban J connectivity index is 2.09. The third-order valence-electron chi connectivity index (χ3n) is 2.77. The topological polar surface area (TPSA) is 24.9 Å². The zero-order chi connectivity index (χ0) is 11.5. The van der Waals surface area contributed by atoms with Crippen LogP contribution in [-0.4, -0.2) is 4.98 Å². The monoisotopic (exact) mass is 220 g/mol. The Labute approximate surface area is 100.0 Å². The molecule has 17 heavy (non-hydrogen) atoms. The Bertz CT molecular complexity index is 636. The van der Waals surface area contributed by atoms with Crippen LogP contribution in [0, 0.1) is 0 Å². The summed E-state index contributed by atoms with van der Waals surface area (Å²) in [6, 6.07) is 8.40. The first kappa shape index (κ1) is 9.85. The molecular formula is C15H12N2. The van der Waals surface area contributed by atoms with E-state index >= 15 is 0 Å². The zero-order valence-electron chi connectivity index (χ0n) is 9.30. The van der Waals surface area contributed by atoms with Gasteiger partial charge in [-0.05, 0) is 35.2 Å². The van der Waals surface area contributed by atoms with Crippen LogP contribution < -0.4 is 5.32 Å². The third kappa shape index (κ3) is 1.97. The molecule has 0 unspecified atom stereocenters. The van der Waals surface area contributed by atoms with E-state index in [9.17, 15) is 0 Å². The van der Waals surface area contributed by atoms with Gasteiger partial charge in [0, 0.05) is 29.7 Å². The van der Waals surface area contributed by atoms with Gasteiger partial charge in [-0.1, -0.05) is 24.3 Å². The Morgan fingerprint density at radius 2 is 1.94 bits per heavy atom. The number of allylic oxidation sites excluding steroid dienone is 4. The van der Waals surface area contributed by atoms with Crippen molar-refractivity contribution in [2.45, 2.75) is 0 Å². The van der Waals surface area contributed by atoms with Gasteiger partial charge in [0.1, 0.15) is 0 Å². The van der Waals surface area contributed by atoms with Crippen molar-refractivity contribution in [2.24, 2.45) is 0 Å². The van der Waals surface area contributed by atoms with Crippen LogP contribution in [0.3, 0.4) is 0 Å². The van der Waals surface area contributed by atoms with E-state index in [1.807, 2.05) is 42.9 Å². The van der Waals surface area contributed by atoms with Gasteiger partial charge < -0.3 is 5.32 Å². The normalized spacial score (nSPS) is 14.2. The molecule has 0 amide bonds. The molecule has 1 aliphatic heterocycles. The fourth-order valence-corrected chi connectivity index (χ4v) is 1.89. The molecule has 2 heterocycles. The summed E-state index contributed by atoms with van der Waals surface area (Å²) in [7, 11) is 0. The number of benzene rings is 1. The fourth-order valence-electron chi connectivity index (χ4n) is 1.89. The van der Waals surface area contributed by atoms with E-state index in [-0.39, 0.29) is 0 Å². The highest BCUT2D eigenvalue weighted by Crippen LogP contribution is 2.19. The minimum absolute atomic E-state index is 1.11. The van der Waals surface area contributed by atoms with Gasteiger partial charge in [-0.15, -0.1) is 0 Å². The molecule has 1 aromatic heterocycles. The van der Waals surface area contributed by atoms with Crippen LogP contribution in [0.2, 0.25) is 0 Å². The van der Waals surface area contributed by atoms with E-state index in [1.165, 1.54) is 10.9 Å². The van der Waals surface area contributed by atoms with Crippen molar-refractivity contribution in [3.8, 4) is 0 Å². The van der Waals surface area contributed by atoms with Gasteiger partial charge in [0.05, 0.1) is 0 Å². The zero-order valence-corrected chi connectivity index (χ0v) is 9.30. The summed E-state index contributed by atoms with van der Waals surface area (Å²) in [4.78, 5) is 4.12. The van der Waals surface area contributed by atoms with Gasteiger partial charge in [0.25, 0.3) is 0 Å². The molecule has 2 aromatic rings. The average Bonchev–Trinajstić information content (AvgIpc) is 2.67. The molecule has 1 aromatic carbocycles. The summed E-state index contributed by atoms with van der Waals surface area (Å²) >= 11 is 0. The maximum atomic E-state index is 4.12. The smallest absolute Gasteiger partial charge is 0.0453 e. The first-order valence-electron chi connectivity index (χ1n) is 5.58. The van der Waals surface area contributed by atoms with Crippen molar-refractivity contribution >= 4 is 16.5 Å². The molecule has 1 aliphatic rings. The minimum Gasteiger partial charge on any atom is -0.361 e. The number of fused-ring (bicyclic) bond motifs is 1. The predicted octanol–water partition coefficient (Wildman–Crippen LogP) is 3.25. The summed E-state index contributed by atoms with van der Waals surface area (Å²) in [6.07, 6.45) is 13.7. The van der Waals surface area contributed by atoms with Crippen LogP contribution in [0.5, 0.6) is 0 Å². The van der Waals surface area contributed by atoms with Gasteiger partial charge in [-0.2, -0.15) is 0 Å². The van der Waals surface area contributed by atoms with E-state index in [1.54, 1.807) is 0 Å². The second-order valence-corrected chi connectivity index (χ2v) is 3.91. The lowest BCUT2D eigenvalue weighted by molar-refractivity contribution is 1.22. The van der Waals surface area contributed by atoms with Crippen LogP contribution in [0.1, 0.15) is 5.56 Å². The molecule has 0 radical (unpaired) electrons. The number of nitrogens with one attached hydrogen (secondary N) is 1. The number of rotatable bonds is 1. The highest BCUT2D eigenvalue weighted by atomic mass is 14.8. The van der Waals surface area contributed by atoms with Crippen LogP contribution in [0.4, 0.5) is 0 Å². The third-order valence-corrected chi connectivity index (χ3v) is 2.77. The first-order chi connectivity index (χ1) is 8.43. The highest BCUT2D eigenvalue weighted by Gasteiger charge is 2.01. The second-order valence-electron chi connectivity index (χ2n) is 3.91. The Morgan fingerprint density at radius 3 is 2.94 bits per heavy atom. The molecule has 0 bridgehead atoms. The van der Waals surface area contributed by atoms with Gasteiger partial charge >= 0.3 is 0 Å². The van der Waals surface area contributed by atoms with Crippen molar-refractivity contribution in [3.63, 3.8) is 0 Å². The predicted molar refractivity (Wildman–Crippen MR) is 71.1 cm³/mol. The molecule has 2 nitrogen and oxygen atoms in total. The highest BCUT2D eigenvalue weighted by molar-refractivity contribution is 5.85. The molecular weight excluding hydrogens is 208 g/mol. The molecule has 0 fully saturated rings. The number of nitrogens with zero attached hydrogens (tertiary/aromatic N) is 1. The summed E-state index contributed by atoms with van der Waals surface area (Å²) in [5.41, 5.74) is 2.29. The lowest BCUT2D eigenvalue weighted by Gasteiger charge is -2.07. The van der Waals surface area contributed by atoms with Crippen molar-refractivity contribution < 1.29 is 0 Å². The lowest BCUT2D eigenvalue weighted by atomic mass is 10.1. The van der Waals surface area contributed by atoms with Crippen molar-refractivity contribution in [2.75, 3.05) is 0 Å². The maximum Gasteiger partial charge on any atom is 0.0453 e. The van der Waals surface area contributed by atoms with E-state index in [0.29, 0.717) is 0 Å². The van der Waals surface area contributed by atoms with Crippen molar-refractivity contribution in [1.82, 2.24) is 10.3 Å².